The lowest BCUT2D eigenvalue weighted by Gasteiger charge is -2.17. The van der Waals surface area contributed by atoms with Gasteiger partial charge in [-0.05, 0) is 25.6 Å². The van der Waals surface area contributed by atoms with Gasteiger partial charge < -0.3 is 5.32 Å². The van der Waals surface area contributed by atoms with E-state index >= 15 is 0 Å². The van der Waals surface area contributed by atoms with Crippen molar-refractivity contribution in [3.63, 3.8) is 0 Å². The summed E-state index contributed by atoms with van der Waals surface area (Å²) in [5.74, 6) is 0. The second kappa shape index (κ2) is 6.05. The number of likely N-dealkylation sites (N-methyl/N-ethyl adjacent to an activating group) is 1. The third kappa shape index (κ3) is 3.00. The molecule has 10 heteroatoms. The Bertz CT molecular complexity index is 680. The minimum Gasteiger partial charge on any atom is -0.316 e. The Morgan fingerprint density at radius 2 is 2.10 bits per heavy atom. The molecule has 0 radical (unpaired) electrons. The van der Waals surface area contributed by atoms with Crippen LogP contribution in [0, 0.1) is 10.1 Å². The minimum absolute atomic E-state index is 0.0563. The first-order valence-electron chi connectivity index (χ1n) is 6.09. The molecule has 0 aliphatic carbocycles. The van der Waals surface area contributed by atoms with E-state index in [1.165, 1.54) is 16.4 Å². The van der Waals surface area contributed by atoms with Gasteiger partial charge in [0.05, 0.1) is 4.92 Å². The van der Waals surface area contributed by atoms with E-state index in [1.807, 2.05) is 0 Å². The molecular formula is C11H13Cl2N3O4S. The van der Waals surface area contributed by atoms with Gasteiger partial charge in [0.25, 0.3) is 0 Å². The molecule has 1 aliphatic heterocycles. The van der Waals surface area contributed by atoms with Crippen LogP contribution in [0.15, 0.2) is 17.0 Å². The Balaban J connectivity index is 2.47. The topological polar surface area (TPSA) is 92.6 Å². The summed E-state index contributed by atoms with van der Waals surface area (Å²) in [7, 11) is -2.14. The van der Waals surface area contributed by atoms with Crippen molar-refractivity contribution in [3.8, 4) is 0 Å². The van der Waals surface area contributed by atoms with Gasteiger partial charge in [-0.2, -0.15) is 4.31 Å². The van der Waals surface area contributed by atoms with Crippen molar-refractivity contribution < 1.29 is 13.3 Å². The molecule has 0 saturated carbocycles. The minimum atomic E-state index is -3.89. The largest absolute Gasteiger partial charge is 0.316 e. The van der Waals surface area contributed by atoms with Crippen molar-refractivity contribution in [2.45, 2.75) is 17.4 Å². The highest BCUT2D eigenvalue weighted by Crippen LogP contribution is 2.38. The van der Waals surface area contributed by atoms with Crippen LogP contribution >= 0.6 is 23.2 Å². The Kier molecular flexibility index (Phi) is 4.74. The lowest BCUT2D eigenvalue weighted by molar-refractivity contribution is -0.384. The zero-order valence-corrected chi connectivity index (χ0v) is 13.4. The quantitative estimate of drug-likeness (QED) is 0.658. The fourth-order valence-electron chi connectivity index (χ4n) is 2.21. The Hall–Kier alpha value is -0.930. The van der Waals surface area contributed by atoms with Crippen molar-refractivity contribution in [3.05, 3.63) is 32.3 Å². The number of hydrogen-bond donors (Lipinski definition) is 1. The second-order valence-corrected chi connectivity index (χ2v) is 7.29. The van der Waals surface area contributed by atoms with Gasteiger partial charge >= 0.3 is 5.69 Å². The molecule has 1 aliphatic rings. The average molecular weight is 354 g/mol. The van der Waals surface area contributed by atoms with E-state index in [2.05, 4.69) is 5.32 Å². The number of nitrogens with zero attached hydrogens (tertiary/aromatic N) is 2. The van der Waals surface area contributed by atoms with Gasteiger partial charge in [-0.3, -0.25) is 10.1 Å². The molecule has 7 nitrogen and oxygen atoms in total. The summed E-state index contributed by atoms with van der Waals surface area (Å²) in [5, 5.41) is 13.3. The third-order valence-electron chi connectivity index (χ3n) is 3.39. The molecule has 0 bridgehead atoms. The van der Waals surface area contributed by atoms with E-state index in [1.54, 1.807) is 7.05 Å². The summed E-state index contributed by atoms with van der Waals surface area (Å²) >= 11 is 11.6. The van der Waals surface area contributed by atoms with Crippen LogP contribution < -0.4 is 5.32 Å². The van der Waals surface area contributed by atoms with Crippen LogP contribution in [0.2, 0.25) is 10.0 Å². The fraction of sp³-hybridized carbons (Fsp3) is 0.455. The van der Waals surface area contributed by atoms with Gasteiger partial charge in [-0.15, -0.1) is 0 Å². The van der Waals surface area contributed by atoms with Gasteiger partial charge in [-0.25, -0.2) is 8.42 Å². The number of nitro benzene ring substituents is 1. The molecule has 1 aromatic rings. The molecule has 21 heavy (non-hydrogen) atoms. The SMILES string of the molecule is CNC1CCN(S(=O)(=O)c2ccc(Cl)c([N+](=O)[O-])c2Cl)C1. The van der Waals surface area contributed by atoms with Gasteiger partial charge in [0, 0.05) is 19.1 Å². The van der Waals surface area contributed by atoms with E-state index in [9.17, 15) is 18.5 Å². The molecule has 1 atom stereocenters. The number of rotatable bonds is 4. The van der Waals surface area contributed by atoms with Crippen molar-refractivity contribution in [1.29, 1.82) is 0 Å². The maximum absolute atomic E-state index is 12.6. The predicted molar refractivity (Wildman–Crippen MR) is 79.3 cm³/mol. The smallest absolute Gasteiger partial charge is 0.307 e. The molecule has 1 heterocycles. The molecule has 116 valence electrons. The molecule has 0 aromatic heterocycles. The molecular weight excluding hydrogens is 341 g/mol. The van der Waals surface area contributed by atoms with Crippen LogP contribution in [0.1, 0.15) is 6.42 Å². The Morgan fingerprint density at radius 1 is 1.43 bits per heavy atom. The molecule has 1 unspecified atom stereocenters. The van der Waals surface area contributed by atoms with Crippen LogP contribution in [-0.2, 0) is 10.0 Å². The highest BCUT2D eigenvalue weighted by molar-refractivity contribution is 7.89. The molecule has 0 amide bonds. The molecule has 2 rings (SSSR count). The summed E-state index contributed by atoms with van der Waals surface area (Å²) in [6.07, 6.45) is 0.670. The van der Waals surface area contributed by atoms with Crippen LogP contribution in [0.25, 0.3) is 0 Å². The fourth-order valence-corrected chi connectivity index (χ4v) is 4.57. The van der Waals surface area contributed by atoms with Crippen molar-refractivity contribution in [1.82, 2.24) is 9.62 Å². The van der Waals surface area contributed by atoms with Gasteiger partial charge in [0.2, 0.25) is 10.0 Å². The van der Waals surface area contributed by atoms with Crippen LogP contribution in [-0.4, -0.2) is 43.8 Å². The molecule has 1 N–H and O–H groups in total. The lowest BCUT2D eigenvalue weighted by Crippen LogP contribution is -2.33. The summed E-state index contributed by atoms with van der Waals surface area (Å²) in [5.41, 5.74) is -0.594. The molecule has 1 aromatic carbocycles. The highest BCUT2D eigenvalue weighted by atomic mass is 35.5. The molecule has 1 saturated heterocycles. The molecule has 1 fully saturated rings. The highest BCUT2D eigenvalue weighted by Gasteiger charge is 2.35. The normalized spacial score (nSPS) is 19.9. The standard InChI is InChI=1S/C11H13Cl2N3O4S/c1-14-7-4-5-15(6-7)21(19,20)9-3-2-8(12)11(10(9)13)16(17)18/h2-3,7,14H,4-6H2,1H3. The van der Waals surface area contributed by atoms with Crippen LogP contribution in [0.4, 0.5) is 5.69 Å². The number of benzene rings is 1. The first-order valence-corrected chi connectivity index (χ1v) is 8.28. The summed E-state index contributed by atoms with van der Waals surface area (Å²) in [6, 6.07) is 2.42. The first-order chi connectivity index (χ1) is 9.78. The third-order valence-corrected chi connectivity index (χ3v) is 6.10. The number of hydrogen-bond acceptors (Lipinski definition) is 5. The number of nitrogens with one attached hydrogen (secondary N) is 1. The van der Waals surface area contributed by atoms with Crippen molar-refractivity contribution in [2.75, 3.05) is 20.1 Å². The zero-order chi connectivity index (χ0) is 15.8. The summed E-state index contributed by atoms with van der Waals surface area (Å²) < 4.78 is 26.4. The number of halogens is 2. The maximum Gasteiger partial charge on any atom is 0.307 e. The van der Waals surface area contributed by atoms with E-state index in [4.69, 9.17) is 23.2 Å². The molecule has 0 spiro atoms. The van der Waals surface area contributed by atoms with E-state index < -0.39 is 25.7 Å². The second-order valence-electron chi connectivity index (χ2n) is 4.60. The van der Waals surface area contributed by atoms with Gasteiger partial charge in [0.15, 0.2) is 0 Å². The van der Waals surface area contributed by atoms with Crippen LogP contribution in [0.5, 0.6) is 0 Å². The maximum atomic E-state index is 12.6. The first kappa shape index (κ1) is 16.4. The summed E-state index contributed by atoms with van der Waals surface area (Å²) in [4.78, 5) is 9.88. The lowest BCUT2D eigenvalue weighted by atomic mass is 10.3. The van der Waals surface area contributed by atoms with E-state index in [0.717, 1.165) is 0 Å². The van der Waals surface area contributed by atoms with Gasteiger partial charge in [-0.1, -0.05) is 23.2 Å². The van der Waals surface area contributed by atoms with Crippen molar-refractivity contribution in [2.24, 2.45) is 0 Å². The monoisotopic (exact) mass is 353 g/mol. The van der Waals surface area contributed by atoms with Crippen molar-refractivity contribution >= 4 is 38.9 Å². The van der Waals surface area contributed by atoms with E-state index in [-0.39, 0.29) is 16.0 Å². The predicted octanol–water partition coefficient (Wildman–Crippen LogP) is 1.88. The Labute approximate surface area is 132 Å². The van der Waals surface area contributed by atoms with Crippen LogP contribution in [0.3, 0.4) is 0 Å². The van der Waals surface area contributed by atoms with E-state index in [0.29, 0.717) is 19.5 Å². The average Bonchev–Trinajstić information content (AvgIpc) is 2.87. The van der Waals surface area contributed by atoms with Gasteiger partial charge in [0.1, 0.15) is 14.9 Å². The number of sulfonamides is 1. The zero-order valence-electron chi connectivity index (χ0n) is 11.0. The number of nitro groups is 1. The summed E-state index contributed by atoms with van der Waals surface area (Å²) in [6.45, 7) is 0.631. The Morgan fingerprint density at radius 3 is 2.62 bits per heavy atom.